The predicted octanol–water partition coefficient (Wildman–Crippen LogP) is 3.36. The van der Waals surface area contributed by atoms with Gasteiger partial charge in [0.05, 0.1) is 22.7 Å². The molecule has 0 aromatic carbocycles. The average molecular weight is 335 g/mol. The van der Waals surface area contributed by atoms with Crippen molar-refractivity contribution in [2.45, 2.75) is 59.2 Å². The number of thiophene rings is 1. The van der Waals surface area contributed by atoms with Gasteiger partial charge in [0.2, 0.25) is 0 Å². The number of carbonyl (C=O) groups excluding carboxylic acids is 1. The van der Waals surface area contributed by atoms with Crippen molar-refractivity contribution in [3.8, 4) is 0 Å². The number of fused-ring (bicyclic) bond motifs is 1. The summed E-state index contributed by atoms with van der Waals surface area (Å²) in [6, 6.07) is 2.01. The number of aryl methyl sites for hydroxylation is 1. The summed E-state index contributed by atoms with van der Waals surface area (Å²) in [5.74, 6) is 0.515. The van der Waals surface area contributed by atoms with E-state index in [0.717, 1.165) is 46.8 Å². The minimum Gasteiger partial charge on any atom is -0.376 e. The number of hydrogen-bond acceptors (Lipinski definition) is 4. The molecule has 1 saturated heterocycles. The summed E-state index contributed by atoms with van der Waals surface area (Å²) < 4.78 is 7.68. The van der Waals surface area contributed by atoms with Gasteiger partial charge in [0, 0.05) is 18.5 Å². The van der Waals surface area contributed by atoms with Crippen LogP contribution in [0.15, 0.2) is 6.07 Å². The molecule has 2 aromatic rings. The second-order valence-electron chi connectivity index (χ2n) is 6.80. The first-order chi connectivity index (χ1) is 11.0. The number of rotatable bonds is 5. The molecule has 2 aromatic heterocycles. The third-order valence-electron chi connectivity index (χ3n) is 4.25. The van der Waals surface area contributed by atoms with E-state index in [1.807, 2.05) is 24.6 Å². The van der Waals surface area contributed by atoms with Crippen LogP contribution < -0.4 is 5.32 Å². The number of carbonyl (C=O) groups is 1. The molecule has 0 aliphatic carbocycles. The highest BCUT2D eigenvalue weighted by atomic mass is 32.1. The maximum Gasteiger partial charge on any atom is 0.261 e. The first kappa shape index (κ1) is 16.5. The largest absolute Gasteiger partial charge is 0.376 e. The Bertz CT molecular complexity index is 698. The predicted molar refractivity (Wildman–Crippen MR) is 93.1 cm³/mol. The number of nitrogens with zero attached hydrogens (tertiary/aromatic N) is 2. The first-order valence-electron chi connectivity index (χ1n) is 8.35. The summed E-state index contributed by atoms with van der Waals surface area (Å²) in [6.45, 7) is 10.0. The van der Waals surface area contributed by atoms with Crippen LogP contribution in [0, 0.1) is 12.8 Å². The third-order valence-corrected chi connectivity index (χ3v) is 5.40. The van der Waals surface area contributed by atoms with Crippen molar-refractivity contribution >= 4 is 27.5 Å². The Balaban J connectivity index is 1.78. The Kier molecular flexibility index (Phi) is 4.73. The fourth-order valence-electron chi connectivity index (χ4n) is 3.06. The van der Waals surface area contributed by atoms with E-state index >= 15 is 0 Å². The van der Waals surface area contributed by atoms with Crippen LogP contribution in [0.3, 0.4) is 0 Å². The lowest BCUT2D eigenvalue weighted by Crippen LogP contribution is -2.40. The normalized spacial score (nSPS) is 19.6. The fraction of sp³-hybridized carbons (Fsp3) is 0.647. The van der Waals surface area contributed by atoms with Gasteiger partial charge in [0.1, 0.15) is 4.83 Å². The molecule has 3 rings (SSSR count). The van der Waals surface area contributed by atoms with Crippen LogP contribution in [0.4, 0.5) is 0 Å². The van der Waals surface area contributed by atoms with Gasteiger partial charge >= 0.3 is 0 Å². The summed E-state index contributed by atoms with van der Waals surface area (Å²) in [5.41, 5.74) is 0.989. The summed E-state index contributed by atoms with van der Waals surface area (Å²) in [6.07, 6.45) is 2.25. The lowest BCUT2D eigenvalue weighted by molar-refractivity contribution is 0.0714. The van der Waals surface area contributed by atoms with Crippen molar-refractivity contribution in [3.05, 3.63) is 16.6 Å². The molecule has 5 nitrogen and oxygen atoms in total. The van der Waals surface area contributed by atoms with Gasteiger partial charge in [-0.05, 0) is 38.7 Å². The van der Waals surface area contributed by atoms with Crippen LogP contribution in [0.25, 0.3) is 10.2 Å². The molecule has 1 aliphatic heterocycles. The summed E-state index contributed by atoms with van der Waals surface area (Å²) >= 11 is 1.53. The van der Waals surface area contributed by atoms with Crippen molar-refractivity contribution in [3.63, 3.8) is 0 Å². The highest BCUT2D eigenvalue weighted by Gasteiger charge is 2.25. The average Bonchev–Trinajstić information content (AvgIpc) is 3.18. The van der Waals surface area contributed by atoms with Crippen molar-refractivity contribution in [1.29, 1.82) is 0 Å². The highest BCUT2D eigenvalue weighted by Crippen LogP contribution is 2.29. The van der Waals surface area contributed by atoms with Crippen molar-refractivity contribution in [2.75, 3.05) is 6.61 Å². The molecular formula is C17H25N3O2S. The van der Waals surface area contributed by atoms with Gasteiger partial charge in [-0.3, -0.25) is 9.48 Å². The topological polar surface area (TPSA) is 56.2 Å². The number of ether oxygens (including phenoxy) is 1. The summed E-state index contributed by atoms with van der Waals surface area (Å²) in [4.78, 5) is 14.4. The summed E-state index contributed by atoms with van der Waals surface area (Å²) in [7, 11) is 0. The van der Waals surface area contributed by atoms with E-state index in [1.165, 1.54) is 11.3 Å². The first-order valence-corrected chi connectivity index (χ1v) is 9.16. The monoisotopic (exact) mass is 335 g/mol. The molecule has 0 spiro atoms. The van der Waals surface area contributed by atoms with Gasteiger partial charge in [-0.25, -0.2) is 0 Å². The third kappa shape index (κ3) is 3.43. The van der Waals surface area contributed by atoms with E-state index in [9.17, 15) is 4.79 Å². The van der Waals surface area contributed by atoms with Gasteiger partial charge in [0.25, 0.3) is 5.91 Å². The molecule has 0 radical (unpaired) electrons. The minimum absolute atomic E-state index is 0.00954. The van der Waals surface area contributed by atoms with Crippen molar-refractivity contribution in [2.24, 2.45) is 5.92 Å². The number of amides is 1. The summed E-state index contributed by atoms with van der Waals surface area (Å²) in [5, 5.41) is 8.76. The van der Waals surface area contributed by atoms with E-state index in [-0.39, 0.29) is 18.1 Å². The number of hydrogen-bond donors (Lipinski definition) is 1. The Morgan fingerprint density at radius 2 is 2.30 bits per heavy atom. The van der Waals surface area contributed by atoms with Crippen LogP contribution >= 0.6 is 11.3 Å². The Hall–Kier alpha value is -1.40. The molecule has 0 saturated carbocycles. The van der Waals surface area contributed by atoms with Crippen LogP contribution in [0.2, 0.25) is 0 Å². The zero-order valence-electron chi connectivity index (χ0n) is 14.3. The van der Waals surface area contributed by atoms with E-state index in [1.54, 1.807) is 0 Å². The Labute approximate surface area is 141 Å². The molecule has 2 unspecified atom stereocenters. The van der Waals surface area contributed by atoms with E-state index in [2.05, 4.69) is 24.3 Å². The maximum absolute atomic E-state index is 12.5. The van der Waals surface area contributed by atoms with Crippen LogP contribution in [0.1, 0.15) is 49.0 Å². The van der Waals surface area contributed by atoms with Gasteiger partial charge in [-0.1, -0.05) is 13.8 Å². The lowest BCUT2D eigenvalue weighted by atomic mass is 10.1. The van der Waals surface area contributed by atoms with Crippen molar-refractivity contribution in [1.82, 2.24) is 15.1 Å². The second kappa shape index (κ2) is 6.61. The van der Waals surface area contributed by atoms with E-state index < -0.39 is 0 Å². The Morgan fingerprint density at radius 3 is 2.96 bits per heavy atom. The smallest absolute Gasteiger partial charge is 0.261 e. The number of aromatic nitrogens is 2. The Morgan fingerprint density at radius 1 is 1.52 bits per heavy atom. The van der Waals surface area contributed by atoms with Gasteiger partial charge in [0.15, 0.2) is 0 Å². The zero-order chi connectivity index (χ0) is 16.6. The lowest BCUT2D eigenvalue weighted by Gasteiger charge is -2.19. The molecular weight excluding hydrogens is 310 g/mol. The molecule has 126 valence electrons. The highest BCUT2D eigenvalue weighted by molar-refractivity contribution is 7.20. The minimum atomic E-state index is -0.00954. The van der Waals surface area contributed by atoms with Crippen LogP contribution in [-0.2, 0) is 11.3 Å². The molecule has 3 heterocycles. The molecule has 0 bridgehead atoms. The SMILES string of the molecule is Cc1nn(CC(C)C)c2sc(C(=O)NC(C)C3CCCO3)cc12. The quantitative estimate of drug-likeness (QED) is 0.911. The number of nitrogens with one attached hydrogen (secondary N) is 1. The molecule has 23 heavy (non-hydrogen) atoms. The van der Waals surface area contributed by atoms with Crippen LogP contribution in [0.5, 0.6) is 0 Å². The zero-order valence-corrected chi connectivity index (χ0v) is 15.1. The maximum atomic E-state index is 12.5. The van der Waals surface area contributed by atoms with Crippen LogP contribution in [-0.4, -0.2) is 34.4 Å². The van der Waals surface area contributed by atoms with Gasteiger partial charge in [-0.15, -0.1) is 11.3 Å². The van der Waals surface area contributed by atoms with E-state index in [0.29, 0.717) is 5.92 Å². The van der Waals surface area contributed by atoms with Gasteiger partial charge < -0.3 is 10.1 Å². The molecule has 1 N–H and O–H groups in total. The molecule has 1 amide bonds. The molecule has 2 atom stereocenters. The molecule has 1 aliphatic rings. The van der Waals surface area contributed by atoms with E-state index in [4.69, 9.17) is 4.74 Å². The second-order valence-corrected chi connectivity index (χ2v) is 7.84. The van der Waals surface area contributed by atoms with Crippen molar-refractivity contribution < 1.29 is 9.53 Å². The fourth-order valence-corrected chi connectivity index (χ4v) is 4.14. The standard InChI is InChI=1S/C17H25N3O2S/c1-10(2)9-20-17-13(11(3)19-20)8-15(23-17)16(21)18-12(4)14-6-5-7-22-14/h8,10,12,14H,5-7,9H2,1-4H3,(H,18,21). The molecule has 6 heteroatoms. The van der Waals surface area contributed by atoms with Gasteiger partial charge in [-0.2, -0.15) is 5.10 Å². The molecule has 1 fully saturated rings.